The number of nitrogens with one attached hydrogen (secondary N) is 1. The maximum Gasteiger partial charge on any atom is 0.417 e. The third kappa shape index (κ3) is 5.31. The molecule has 1 fully saturated rings. The van der Waals surface area contributed by atoms with Gasteiger partial charge in [-0.1, -0.05) is 18.2 Å². The summed E-state index contributed by atoms with van der Waals surface area (Å²) in [5.74, 6) is 0.0762. The van der Waals surface area contributed by atoms with Crippen molar-refractivity contribution in [2.24, 2.45) is 0 Å². The molecule has 0 radical (unpaired) electrons. The fraction of sp³-hybridized carbons (Fsp3) is 0.208. The number of amides is 2. The van der Waals surface area contributed by atoms with Gasteiger partial charge in [0.15, 0.2) is 0 Å². The Morgan fingerprint density at radius 1 is 0.818 bits per heavy atom. The second kappa shape index (κ2) is 9.32. The number of anilines is 2. The van der Waals surface area contributed by atoms with Crippen LogP contribution in [0.25, 0.3) is 0 Å². The molecule has 1 N–H and O–H groups in total. The van der Waals surface area contributed by atoms with Crippen molar-refractivity contribution in [1.29, 1.82) is 0 Å². The number of carbonyl (C=O) groups excluding carboxylic acids is 2. The van der Waals surface area contributed by atoms with Crippen molar-refractivity contribution in [3.63, 3.8) is 0 Å². The van der Waals surface area contributed by atoms with Gasteiger partial charge in [0.05, 0.1) is 5.56 Å². The lowest BCUT2D eigenvalue weighted by Crippen LogP contribution is -2.49. The molecule has 2 heterocycles. The maximum absolute atomic E-state index is 12.8. The van der Waals surface area contributed by atoms with Crippen molar-refractivity contribution >= 4 is 23.3 Å². The van der Waals surface area contributed by atoms with E-state index in [9.17, 15) is 22.8 Å². The number of nitrogens with zero attached hydrogens (tertiary/aromatic N) is 3. The highest BCUT2D eigenvalue weighted by molar-refractivity contribution is 6.04. The molecule has 0 aliphatic carbocycles. The fourth-order valence-electron chi connectivity index (χ4n) is 3.55. The molecule has 2 amide bonds. The van der Waals surface area contributed by atoms with Crippen LogP contribution >= 0.6 is 0 Å². The Morgan fingerprint density at radius 2 is 1.48 bits per heavy atom. The number of alkyl halides is 3. The number of carbonyl (C=O) groups is 2. The van der Waals surface area contributed by atoms with Gasteiger partial charge in [-0.2, -0.15) is 13.2 Å². The molecule has 4 rings (SSSR count). The summed E-state index contributed by atoms with van der Waals surface area (Å²) in [6.07, 6.45) is -3.60. The highest BCUT2D eigenvalue weighted by Crippen LogP contribution is 2.29. The molecule has 0 unspecified atom stereocenters. The van der Waals surface area contributed by atoms with Crippen LogP contribution in [0.15, 0.2) is 72.9 Å². The molecule has 6 nitrogen and oxygen atoms in total. The lowest BCUT2D eigenvalue weighted by molar-refractivity contribution is -0.137. The Bertz CT molecular complexity index is 1110. The summed E-state index contributed by atoms with van der Waals surface area (Å²) in [5, 5.41) is 2.79. The number of benzene rings is 2. The van der Waals surface area contributed by atoms with Gasteiger partial charge in [-0.05, 0) is 48.5 Å². The molecule has 1 saturated heterocycles. The first kappa shape index (κ1) is 22.3. The van der Waals surface area contributed by atoms with Gasteiger partial charge in [-0.3, -0.25) is 9.59 Å². The predicted molar refractivity (Wildman–Crippen MR) is 118 cm³/mol. The molecule has 0 spiro atoms. The SMILES string of the molecule is O=C(Nc1ccc(C(=O)N2CCN(c3ccc(C(F)(F)F)cn3)CC2)cc1)c1ccccc1. The predicted octanol–water partition coefficient (Wildman–Crippen LogP) is 4.32. The first-order valence-corrected chi connectivity index (χ1v) is 10.4. The normalized spacial score (nSPS) is 14.2. The van der Waals surface area contributed by atoms with E-state index in [0.29, 0.717) is 48.8 Å². The van der Waals surface area contributed by atoms with Crippen LogP contribution in [-0.2, 0) is 6.18 Å². The van der Waals surface area contributed by atoms with Crippen LogP contribution in [0.5, 0.6) is 0 Å². The summed E-state index contributed by atoms with van der Waals surface area (Å²) in [6.45, 7) is 1.78. The summed E-state index contributed by atoms with van der Waals surface area (Å²) in [5.41, 5.74) is 0.828. The Labute approximate surface area is 188 Å². The molecular weight excluding hydrogens is 433 g/mol. The number of rotatable bonds is 4. The van der Waals surface area contributed by atoms with Crippen LogP contribution in [-0.4, -0.2) is 47.9 Å². The van der Waals surface area contributed by atoms with Crippen molar-refractivity contribution in [3.05, 3.63) is 89.6 Å². The number of piperazine rings is 1. The smallest absolute Gasteiger partial charge is 0.353 e. The van der Waals surface area contributed by atoms with E-state index in [1.807, 2.05) is 11.0 Å². The third-order valence-corrected chi connectivity index (χ3v) is 5.39. The Balaban J connectivity index is 1.32. The van der Waals surface area contributed by atoms with E-state index < -0.39 is 11.7 Å². The second-order valence-corrected chi connectivity index (χ2v) is 7.58. The topological polar surface area (TPSA) is 65.5 Å². The van der Waals surface area contributed by atoms with Gasteiger partial charge in [-0.25, -0.2) is 4.98 Å². The highest BCUT2D eigenvalue weighted by atomic mass is 19.4. The molecule has 1 aliphatic heterocycles. The quantitative estimate of drug-likeness (QED) is 0.638. The summed E-state index contributed by atoms with van der Waals surface area (Å²) in [7, 11) is 0. The van der Waals surface area contributed by atoms with E-state index >= 15 is 0 Å². The lowest BCUT2D eigenvalue weighted by Gasteiger charge is -2.35. The minimum absolute atomic E-state index is 0.143. The zero-order chi connectivity index (χ0) is 23.4. The van der Waals surface area contributed by atoms with Crippen LogP contribution in [0.3, 0.4) is 0 Å². The summed E-state index contributed by atoms with van der Waals surface area (Å²) in [6, 6.07) is 17.9. The Kier molecular flexibility index (Phi) is 6.30. The van der Waals surface area contributed by atoms with Gasteiger partial charge in [-0.15, -0.1) is 0 Å². The van der Waals surface area contributed by atoms with Crippen molar-refractivity contribution in [2.45, 2.75) is 6.18 Å². The molecule has 0 saturated carbocycles. The van der Waals surface area contributed by atoms with E-state index in [2.05, 4.69) is 10.3 Å². The average Bonchev–Trinajstić information content (AvgIpc) is 2.84. The van der Waals surface area contributed by atoms with Gasteiger partial charge in [0.25, 0.3) is 11.8 Å². The molecule has 2 aromatic carbocycles. The van der Waals surface area contributed by atoms with Crippen LogP contribution < -0.4 is 10.2 Å². The van der Waals surface area contributed by atoms with Gasteiger partial charge in [0.1, 0.15) is 5.82 Å². The number of hydrogen-bond acceptors (Lipinski definition) is 4. The number of pyridine rings is 1. The van der Waals surface area contributed by atoms with Gasteiger partial charge < -0.3 is 15.1 Å². The zero-order valence-corrected chi connectivity index (χ0v) is 17.5. The van der Waals surface area contributed by atoms with Gasteiger partial charge in [0.2, 0.25) is 0 Å². The highest BCUT2D eigenvalue weighted by Gasteiger charge is 2.31. The molecule has 33 heavy (non-hydrogen) atoms. The van der Waals surface area contributed by atoms with E-state index in [1.54, 1.807) is 53.4 Å². The standard InChI is InChI=1S/C24H21F3N4O2/c25-24(26,27)19-8-11-21(28-16-19)30-12-14-31(15-13-30)23(33)18-6-9-20(10-7-18)29-22(32)17-4-2-1-3-5-17/h1-11,16H,12-15H2,(H,29,32). The first-order chi connectivity index (χ1) is 15.8. The molecule has 3 aromatic rings. The molecular formula is C24H21F3N4O2. The van der Waals surface area contributed by atoms with E-state index in [0.717, 1.165) is 12.3 Å². The summed E-state index contributed by atoms with van der Waals surface area (Å²) in [4.78, 5) is 32.5. The monoisotopic (exact) mass is 454 g/mol. The molecule has 9 heteroatoms. The lowest BCUT2D eigenvalue weighted by atomic mass is 10.1. The largest absolute Gasteiger partial charge is 0.417 e. The van der Waals surface area contributed by atoms with Crippen molar-refractivity contribution in [1.82, 2.24) is 9.88 Å². The third-order valence-electron chi connectivity index (χ3n) is 5.39. The summed E-state index contributed by atoms with van der Waals surface area (Å²) >= 11 is 0. The van der Waals surface area contributed by atoms with Crippen molar-refractivity contribution < 1.29 is 22.8 Å². The molecule has 0 atom stereocenters. The van der Waals surface area contributed by atoms with E-state index in [4.69, 9.17) is 0 Å². The van der Waals surface area contributed by atoms with Crippen LogP contribution in [0.2, 0.25) is 0 Å². The molecule has 170 valence electrons. The number of hydrogen-bond donors (Lipinski definition) is 1. The summed E-state index contributed by atoms with van der Waals surface area (Å²) < 4.78 is 38.1. The van der Waals surface area contributed by atoms with Crippen LogP contribution in [0, 0.1) is 0 Å². The van der Waals surface area contributed by atoms with Crippen molar-refractivity contribution in [3.8, 4) is 0 Å². The van der Waals surface area contributed by atoms with Gasteiger partial charge in [0, 0.05) is 49.2 Å². The number of aromatic nitrogens is 1. The second-order valence-electron chi connectivity index (χ2n) is 7.58. The molecule has 1 aromatic heterocycles. The van der Waals surface area contributed by atoms with Gasteiger partial charge >= 0.3 is 6.18 Å². The number of halogens is 3. The molecule has 1 aliphatic rings. The Morgan fingerprint density at radius 3 is 2.06 bits per heavy atom. The zero-order valence-electron chi connectivity index (χ0n) is 17.5. The first-order valence-electron chi connectivity index (χ1n) is 10.4. The maximum atomic E-state index is 12.8. The van der Waals surface area contributed by atoms with E-state index in [1.165, 1.54) is 6.07 Å². The minimum Gasteiger partial charge on any atom is -0.353 e. The fourth-order valence-corrected chi connectivity index (χ4v) is 3.55. The van der Waals surface area contributed by atoms with Crippen LogP contribution in [0.1, 0.15) is 26.3 Å². The molecule has 0 bridgehead atoms. The van der Waals surface area contributed by atoms with E-state index in [-0.39, 0.29) is 11.8 Å². The average molecular weight is 454 g/mol. The Hall–Kier alpha value is -3.88. The van der Waals surface area contributed by atoms with Crippen molar-refractivity contribution in [2.75, 3.05) is 36.4 Å². The minimum atomic E-state index is -4.42. The van der Waals surface area contributed by atoms with Crippen LogP contribution in [0.4, 0.5) is 24.7 Å².